The Bertz CT molecular complexity index is 350. The van der Waals surface area contributed by atoms with E-state index in [0.717, 1.165) is 6.54 Å². The first-order valence-corrected chi connectivity index (χ1v) is 5.36. The summed E-state index contributed by atoms with van der Waals surface area (Å²) in [4.78, 5) is 0. The van der Waals surface area contributed by atoms with E-state index in [0.29, 0.717) is 0 Å². The van der Waals surface area contributed by atoms with E-state index in [-0.39, 0.29) is 0 Å². The van der Waals surface area contributed by atoms with Crippen molar-refractivity contribution in [2.45, 2.75) is 6.54 Å². The highest BCUT2D eigenvalue weighted by Gasteiger charge is 1.99. The molecule has 0 radical (unpaired) electrons. The summed E-state index contributed by atoms with van der Waals surface area (Å²) in [7, 11) is 0. The van der Waals surface area contributed by atoms with Gasteiger partial charge in [-0.25, -0.2) is 0 Å². The van der Waals surface area contributed by atoms with E-state index in [4.69, 9.17) is 0 Å². The van der Waals surface area contributed by atoms with Gasteiger partial charge in [0, 0.05) is 18.9 Å². The van der Waals surface area contributed by atoms with Gasteiger partial charge in [-0.15, -0.1) is 11.3 Å². The van der Waals surface area contributed by atoms with Gasteiger partial charge in [-0.1, -0.05) is 0 Å². The summed E-state index contributed by atoms with van der Waals surface area (Å²) in [5, 5.41) is 2.10. The second-order valence-electron chi connectivity index (χ2n) is 2.57. The third kappa shape index (κ3) is 1.62. The van der Waals surface area contributed by atoms with Gasteiger partial charge in [0.15, 0.2) is 0 Å². The van der Waals surface area contributed by atoms with Crippen LogP contribution >= 0.6 is 27.3 Å². The molecule has 0 saturated heterocycles. The Balaban J connectivity index is 2.20. The van der Waals surface area contributed by atoms with Gasteiger partial charge in [-0.3, -0.25) is 0 Å². The SMILES string of the molecule is Brc1sccc1Cn1cccc1. The molecule has 0 bridgehead atoms. The lowest BCUT2D eigenvalue weighted by atomic mass is 10.3. The van der Waals surface area contributed by atoms with Gasteiger partial charge < -0.3 is 4.57 Å². The molecule has 0 aliphatic carbocycles. The van der Waals surface area contributed by atoms with Crippen molar-refractivity contribution in [3.8, 4) is 0 Å². The lowest BCUT2D eigenvalue weighted by Crippen LogP contribution is -1.94. The molecule has 2 aromatic rings. The van der Waals surface area contributed by atoms with Crippen molar-refractivity contribution in [2.24, 2.45) is 0 Å². The molecule has 0 atom stereocenters. The fraction of sp³-hybridized carbons (Fsp3) is 0.111. The molecular weight excluding hydrogens is 234 g/mol. The Morgan fingerprint density at radius 2 is 2.08 bits per heavy atom. The molecule has 3 heteroatoms. The molecule has 62 valence electrons. The smallest absolute Gasteiger partial charge is 0.0748 e. The van der Waals surface area contributed by atoms with Crippen LogP contribution in [0.25, 0.3) is 0 Å². The molecule has 0 spiro atoms. The van der Waals surface area contributed by atoms with Gasteiger partial charge >= 0.3 is 0 Å². The number of hydrogen-bond acceptors (Lipinski definition) is 1. The van der Waals surface area contributed by atoms with Gasteiger partial charge in [-0.2, -0.15) is 0 Å². The Labute approximate surface area is 83.8 Å². The molecular formula is C9H8BrNS. The minimum Gasteiger partial charge on any atom is -0.350 e. The zero-order valence-corrected chi connectivity index (χ0v) is 8.81. The van der Waals surface area contributed by atoms with Gasteiger partial charge in [0.1, 0.15) is 0 Å². The second-order valence-corrected chi connectivity index (χ2v) is 4.81. The Hall–Kier alpha value is -0.540. The number of halogens is 1. The Morgan fingerprint density at radius 1 is 1.33 bits per heavy atom. The van der Waals surface area contributed by atoms with E-state index >= 15 is 0 Å². The quantitative estimate of drug-likeness (QED) is 0.760. The van der Waals surface area contributed by atoms with Gasteiger partial charge in [0.05, 0.1) is 3.79 Å². The Kier molecular flexibility index (Phi) is 2.33. The van der Waals surface area contributed by atoms with Crippen LogP contribution in [-0.2, 0) is 6.54 Å². The standard InChI is InChI=1S/C9H8BrNS/c10-9-8(3-6-12-9)7-11-4-1-2-5-11/h1-6H,7H2. The number of hydrogen-bond donors (Lipinski definition) is 0. The summed E-state index contributed by atoms with van der Waals surface area (Å²) in [5.41, 5.74) is 1.34. The summed E-state index contributed by atoms with van der Waals surface area (Å²) in [6, 6.07) is 6.23. The summed E-state index contributed by atoms with van der Waals surface area (Å²) in [6.07, 6.45) is 4.15. The lowest BCUT2D eigenvalue weighted by molar-refractivity contribution is 0.807. The van der Waals surface area contributed by atoms with Crippen LogP contribution in [0.15, 0.2) is 39.8 Å². The summed E-state index contributed by atoms with van der Waals surface area (Å²) >= 11 is 5.25. The predicted octanol–water partition coefficient (Wildman–Crippen LogP) is 3.36. The van der Waals surface area contributed by atoms with Crippen molar-refractivity contribution >= 4 is 27.3 Å². The maximum atomic E-state index is 3.52. The van der Waals surface area contributed by atoms with E-state index < -0.39 is 0 Å². The van der Waals surface area contributed by atoms with Crippen LogP contribution in [0.5, 0.6) is 0 Å². The van der Waals surface area contributed by atoms with E-state index in [2.05, 4.69) is 44.3 Å². The van der Waals surface area contributed by atoms with Crippen molar-refractivity contribution < 1.29 is 0 Å². The fourth-order valence-electron chi connectivity index (χ4n) is 1.10. The molecule has 0 fully saturated rings. The lowest BCUT2D eigenvalue weighted by Gasteiger charge is -1.99. The largest absolute Gasteiger partial charge is 0.350 e. The van der Waals surface area contributed by atoms with Crippen LogP contribution in [-0.4, -0.2) is 4.57 Å². The van der Waals surface area contributed by atoms with Crippen molar-refractivity contribution in [3.05, 3.63) is 45.3 Å². The summed E-state index contributed by atoms with van der Waals surface area (Å²) in [6.45, 7) is 0.955. The molecule has 0 amide bonds. The van der Waals surface area contributed by atoms with Crippen LogP contribution in [0.1, 0.15) is 5.56 Å². The summed E-state index contributed by atoms with van der Waals surface area (Å²) in [5.74, 6) is 0. The highest BCUT2D eigenvalue weighted by atomic mass is 79.9. The minimum absolute atomic E-state index is 0.955. The van der Waals surface area contributed by atoms with Crippen LogP contribution in [0.3, 0.4) is 0 Å². The van der Waals surface area contributed by atoms with Gasteiger partial charge in [0.25, 0.3) is 0 Å². The monoisotopic (exact) mass is 241 g/mol. The first-order chi connectivity index (χ1) is 5.86. The molecule has 1 nitrogen and oxygen atoms in total. The van der Waals surface area contributed by atoms with Crippen LogP contribution in [0.2, 0.25) is 0 Å². The van der Waals surface area contributed by atoms with Crippen molar-refractivity contribution in [1.29, 1.82) is 0 Å². The molecule has 0 saturated carbocycles. The topological polar surface area (TPSA) is 4.93 Å². The molecule has 0 unspecified atom stereocenters. The van der Waals surface area contributed by atoms with Gasteiger partial charge in [-0.05, 0) is 45.1 Å². The first kappa shape index (κ1) is 8.08. The molecule has 0 aliphatic rings. The number of nitrogens with zero attached hydrogens (tertiary/aromatic N) is 1. The molecule has 12 heavy (non-hydrogen) atoms. The highest BCUT2D eigenvalue weighted by molar-refractivity contribution is 9.11. The number of thiophene rings is 1. The maximum Gasteiger partial charge on any atom is 0.0748 e. The van der Waals surface area contributed by atoms with Crippen LogP contribution in [0.4, 0.5) is 0 Å². The molecule has 2 rings (SSSR count). The van der Waals surface area contributed by atoms with E-state index in [9.17, 15) is 0 Å². The normalized spacial score (nSPS) is 10.4. The first-order valence-electron chi connectivity index (χ1n) is 3.69. The van der Waals surface area contributed by atoms with Crippen molar-refractivity contribution in [3.63, 3.8) is 0 Å². The van der Waals surface area contributed by atoms with Crippen LogP contribution in [0, 0.1) is 0 Å². The third-order valence-electron chi connectivity index (χ3n) is 1.71. The van der Waals surface area contributed by atoms with Crippen LogP contribution < -0.4 is 0 Å². The second kappa shape index (κ2) is 3.46. The van der Waals surface area contributed by atoms with E-state index in [1.807, 2.05) is 12.1 Å². The van der Waals surface area contributed by atoms with Gasteiger partial charge in [0.2, 0.25) is 0 Å². The molecule has 0 aromatic carbocycles. The predicted molar refractivity (Wildman–Crippen MR) is 55.6 cm³/mol. The van der Waals surface area contributed by atoms with E-state index in [1.165, 1.54) is 9.35 Å². The molecule has 0 N–H and O–H groups in total. The van der Waals surface area contributed by atoms with Crippen molar-refractivity contribution in [2.75, 3.05) is 0 Å². The Morgan fingerprint density at radius 3 is 2.67 bits per heavy atom. The average molecular weight is 242 g/mol. The minimum atomic E-state index is 0.955. The average Bonchev–Trinajstić information content (AvgIpc) is 2.65. The third-order valence-corrected chi connectivity index (χ3v) is 3.52. The highest BCUT2D eigenvalue weighted by Crippen LogP contribution is 2.23. The molecule has 2 aromatic heterocycles. The zero-order chi connectivity index (χ0) is 8.39. The summed E-state index contributed by atoms with van der Waals surface area (Å²) < 4.78 is 3.39. The van der Waals surface area contributed by atoms with Crippen molar-refractivity contribution in [1.82, 2.24) is 4.57 Å². The zero-order valence-electron chi connectivity index (χ0n) is 6.40. The number of aromatic nitrogens is 1. The van der Waals surface area contributed by atoms with E-state index in [1.54, 1.807) is 11.3 Å². The fourth-order valence-corrected chi connectivity index (χ4v) is 2.32. The molecule has 2 heterocycles. The maximum absolute atomic E-state index is 3.52. The molecule has 0 aliphatic heterocycles. The number of rotatable bonds is 2.